The Morgan fingerprint density at radius 2 is 1.96 bits per heavy atom. The van der Waals surface area contributed by atoms with Crippen molar-refractivity contribution >= 4 is 45.8 Å². The zero-order valence-electron chi connectivity index (χ0n) is 12.2. The SMILES string of the molecule is N#Cc1ccc(N=C2SCCN2Cc2ccc(Cl)cc2)c(Cl)c1. The van der Waals surface area contributed by atoms with Gasteiger partial charge < -0.3 is 4.90 Å². The fourth-order valence-electron chi connectivity index (χ4n) is 2.26. The number of amidine groups is 1. The van der Waals surface area contributed by atoms with Gasteiger partial charge in [-0.25, -0.2) is 4.99 Å². The van der Waals surface area contributed by atoms with Crippen molar-refractivity contribution in [1.29, 1.82) is 5.26 Å². The average Bonchev–Trinajstić information content (AvgIpc) is 2.98. The molecule has 0 atom stereocenters. The number of rotatable bonds is 3. The van der Waals surface area contributed by atoms with Crippen LogP contribution < -0.4 is 0 Å². The fourth-order valence-corrected chi connectivity index (χ4v) is 3.61. The Labute approximate surface area is 149 Å². The summed E-state index contributed by atoms with van der Waals surface area (Å²) in [7, 11) is 0. The van der Waals surface area contributed by atoms with Gasteiger partial charge in [-0.1, -0.05) is 47.1 Å². The molecule has 0 spiro atoms. The van der Waals surface area contributed by atoms with Gasteiger partial charge in [-0.05, 0) is 35.9 Å². The van der Waals surface area contributed by atoms with Gasteiger partial charge in [0.2, 0.25) is 0 Å². The minimum Gasteiger partial charge on any atom is -0.346 e. The highest BCUT2D eigenvalue weighted by molar-refractivity contribution is 8.14. The number of nitriles is 1. The second kappa shape index (κ2) is 7.27. The molecule has 23 heavy (non-hydrogen) atoms. The Hall–Kier alpha value is -1.67. The number of aliphatic imine (C=N–C) groups is 1. The zero-order valence-corrected chi connectivity index (χ0v) is 14.5. The molecule has 2 aromatic rings. The molecule has 0 unspecified atom stereocenters. The third-order valence-corrected chi connectivity index (χ3v) is 4.99. The predicted octanol–water partition coefficient (Wildman–Crippen LogP) is 5.10. The van der Waals surface area contributed by atoms with Crippen LogP contribution in [-0.2, 0) is 6.54 Å². The molecule has 1 aliphatic heterocycles. The van der Waals surface area contributed by atoms with Crippen molar-refractivity contribution in [2.75, 3.05) is 12.3 Å². The molecule has 0 radical (unpaired) electrons. The summed E-state index contributed by atoms with van der Waals surface area (Å²) in [5, 5.41) is 11.1. The van der Waals surface area contributed by atoms with E-state index in [2.05, 4.69) is 16.0 Å². The Bertz CT molecular complexity index is 781. The van der Waals surface area contributed by atoms with Gasteiger partial charge >= 0.3 is 0 Å². The van der Waals surface area contributed by atoms with Crippen LogP contribution in [0.3, 0.4) is 0 Å². The van der Waals surface area contributed by atoms with E-state index in [1.165, 1.54) is 5.56 Å². The van der Waals surface area contributed by atoms with Crippen LogP contribution in [0.4, 0.5) is 5.69 Å². The second-order valence-electron chi connectivity index (χ2n) is 5.07. The first-order chi connectivity index (χ1) is 11.2. The quantitative estimate of drug-likeness (QED) is 0.762. The molecule has 1 saturated heterocycles. The highest BCUT2D eigenvalue weighted by Crippen LogP contribution is 2.30. The number of hydrogen-bond acceptors (Lipinski definition) is 3. The van der Waals surface area contributed by atoms with Crippen LogP contribution in [0.5, 0.6) is 0 Å². The Kier molecular flexibility index (Phi) is 5.12. The van der Waals surface area contributed by atoms with Crippen molar-refractivity contribution in [2.24, 2.45) is 4.99 Å². The molecule has 2 aromatic carbocycles. The van der Waals surface area contributed by atoms with E-state index < -0.39 is 0 Å². The van der Waals surface area contributed by atoms with Crippen LogP contribution in [0.25, 0.3) is 0 Å². The van der Waals surface area contributed by atoms with Gasteiger partial charge in [-0.15, -0.1) is 0 Å². The molecule has 3 rings (SSSR count). The topological polar surface area (TPSA) is 39.4 Å². The van der Waals surface area contributed by atoms with Gasteiger partial charge in [0.25, 0.3) is 0 Å². The molecule has 1 fully saturated rings. The summed E-state index contributed by atoms with van der Waals surface area (Å²) in [5.41, 5.74) is 2.42. The lowest BCUT2D eigenvalue weighted by molar-refractivity contribution is 0.457. The maximum Gasteiger partial charge on any atom is 0.164 e. The molecule has 0 aromatic heterocycles. The van der Waals surface area contributed by atoms with E-state index in [-0.39, 0.29) is 0 Å². The van der Waals surface area contributed by atoms with E-state index in [9.17, 15) is 0 Å². The van der Waals surface area contributed by atoms with Gasteiger partial charge in [-0.2, -0.15) is 5.26 Å². The van der Waals surface area contributed by atoms with Crippen molar-refractivity contribution in [3.63, 3.8) is 0 Å². The summed E-state index contributed by atoms with van der Waals surface area (Å²) in [6.45, 7) is 1.73. The Morgan fingerprint density at radius 3 is 2.65 bits per heavy atom. The van der Waals surface area contributed by atoms with Gasteiger partial charge in [0.1, 0.15) is 0 Å². The number of thioether (sulfide) groups is 1. The van der Waals surface area contributed by atoms with Crippen LogP contribution in [-0.4, -0.2) is 22.4 Å². The number of hydrogen-bond donors (Lipinski definition) is 0. The second-order valence-corrected chi connectivity index (χ2v) is 6.97. The van der Waals surface area contributed by atoms with E-state index >= 15 is 0 Å². The normalized spacial score (nSPS) is 15.9. The summed E-state index contributed by atoms with van der Waals surface area (Å²) in [6, 6.07) is 15.1. The molecule has 1 aliphatic rings. The zero-order chi connectivity index (χ0) is 16.2. The fraction of sp³-hybridized carbons (Fsp3) is 0.176. The van der Waals surface area contributed by atoms with Crippen molar-refractivity contribution in [1.82, 2.24) is 4.90 Å². The van der Waals surface area contributed by atoms with Crippen molar-refractivity contribution in [3.05, 3.63) is 63.6 Å². The lowest BCUT2D eigenvalue weighted by atomic mass is 10.2. The molecule has 3 nitrogen and oxygen atoms in total. The molecular weight excluding hydrogens is 349 g/mol. The predicted molar refractivity (Wildman–Crippen MR) is 97.6 cm³/mol. The van der Waals surface area contributed by atoms with Gasteiger partial charge in [0.05, 0.1) is 22.3 Å². The highest BCUT2D eigenvalue weighted by atomic mass is 35.5. The van der Waals surface area contributed by atoms with E-state index in [1.807, 2.05) is 24.3 Å². The summed E-state index contributed by atoms with van der Waals surface area (Å²) < 4.78 is 0. The van der Waals surface area contributed by atoms with E-state index in [4.69, 9.17) is 28.5 Å². The van der Waals surface area contributed by atoms with Crippen LogP contribution >= 0.6 is 35.0 Å². The monoisotopic (exact) mass is 361 g/mol. The van der Waals surface area contributed by atoms with E-state index in [1.54, 1.807) is 30.0 Å². The van der Waals surface area contributed by atoms with Crippen LogP contribution in [0.15, 0.2) is 47.5 Å². The van der Waals surface area contributed by atoms with Crippen LogP contribution in [0, 0.1) is 11.3 Å². The van der Waals surface area contributed by atoms with Crippen molar-refractivity contribution in [2.45, 2.75) is 6.54 Å². The molecule has 0 saturated carbocycles. The minimum absolute atomic E-state index is 0.496. The van der Waals surface area contributed by atoms with Gasteiger partial charge in [0.15, 0.2) is 5.17 Å². The van der Waals surface area contributed by atoms with Crippen molar-refractivity contribution in [3.8, 4) is 6.07 Å². The summed E-state index contributed by atoms with van der Waals surface area (Å²) in [5.74, 6) is 1.00. The molecule has 1 heterocycles. The van der Waals surface area contributed by atoms with Crippen LogP contribution in [0.1, 0.15) is 11.1 Å². The maximum absolute atomic E-state index is 8.90. The highest BCUT2D eigenvalue weighted by Gasteiger charge is 2.20. The smallest absolute Gasteiger partial charge is 0.164 e. The first-order valence-corrected chi connectivity index (χ1v) is 8.80. The standard InChI is InChI=1S/C17H13Cl2N3S/c18-14-4-1-12(2-5-14)11-22-7-8-23-17(22)21-16-6-3-13(10-20)9-15(16)19/h1-6,9H,7-8,11H2. The maximum atomic E-state index is 8.90. The number of benzene rings is 2. The molecule has 0 bridgehead atoms. The number of nitrogens with zero attached hydrogens (tertiary/aromatic N) is 3. The molecular formula is C17H13Cl2N3S. The number of halogens is 2. The van der Waals surface area contributed by atoms with Crippen LogP contribution in [0.2, 0.25) is 10.0 Å². The van der Waals surface area contributed by atoms with E-state index in [0.29, 0.717) is 16.3 Å². The Morgan fingerprint density at radius 1 is 1.17 bits per heavy atom. The minimum atomic E-state index is 0.496. The molecule has 0 aliphatic carbocycles. The largest absolute Gasteiger partial charge is 0.346 e. The first-order valence-electron chi connectivity index (χ1n) is 7.06. The summed E-state index contributed by atoms with van der Waals surface area (Å²) >= 11 is 13.9. The molecule has 0 N–H and O–H groups in total. The van der Waals surface area contributed by atoms with E-state index in [0.717, 1.165) is 29.0 Å². The van der Waals surface area contributed by atoms with Crippen molar-refractivity contribution < 1.29 is 0 Å². The molecule has 0 amide bonds. The molecule has 116 valence electrons. The summed E-state index contributed by atoms with van der Waals surface area (Å²) in [6.07, 6.45) is 0. The third kappa shape index (κ3) is 4.00. The Balaban J connectivity index is 1.81. The third-order valence-electron chi connectivity index (χ3n) is 3.44. The summed E-state index contributed by atoms with van der Waals surface area (Å²) in [4.78, 5) is 6.89. The van der Waals surface area contributed by atoms with Gasteiger partial charge in [0, 0.05) is 23.9 Å². The van der Waals surface area contributed by atoms with Gasteiger partial charge in [-0.3, -0.25) is 0 Å². The molecule has 6 heteroatoms. The average molecular weight is 362 g/mol. The lowest BCUT2D eigenvalue weighted by Gasteiger charge is -2.18. The lowest BCUT2D eigenvalue weighted by Crippen LogP contribution is -2.23. The first kappa shape index (κ1) is 16.2.